The van der Waals surface area contributed by atoms with Crippen LogP contribution in [0.1, 0.15) is 0 Å². The van der Waals surface area contributed by atoms with E-state index >= 15 is 0 Å². The highest BCUT2D eigenvalue weighted by Gasteiger charge is 2.17. The van der Waals surface area contributed by atoms with Gasteiger partial charge in [0.25, 0.3) is 5.56 Å². The van der Waals surface area contributed by atoms with Gasteiger partial charge in [0.15, 0.2) is 16.7 Å². The van der Waals surface area contributed by atoms with Gasteiger partial charge in [-0.2, -0.15) is 0 Å². The van der Waals surface area contributed by atoms with E-state index in [0.29, 0.717) is 21.8 Å². The van der Waals surface area contributed by atoms with Crippen molar-refractivity contribution < 1.29 is 9.90 Å². The van der Waals surface area contributed by atoms with Gasteiger partial charge in [0, 0.05) is 12.7 Å². The summed E-state index contributed by atoms with van der Waals surface area (Å²) in [4.78, 5) is 29.0. The van der Waals surface area contributed by atoms with E-state index in [9.17, 15) is 14.7 Å². The minimum Gasteiger partial charge on any atom is -0.504 e. The molecule has 0 aliphatic heterocycles. The summed E-state index contributed by atoms with van der Waals surface area (Å²) in [6, 6.07) is 10.2. The first kappa shape index (κ1) is 18.7. The van der Waals surface area contributed by atoms with Crippen molar-refractivity contribution in [2.24, 2.45) is 0 Å². The molecule has 3 heterocycles. The summed E-state index contributed by atoms with van der Waals surface area (Å²) in [6.45, 7) is 3.98. The Morgan fingerprint density at radius 3 is 2.86 bits per heavy atom. The summed E-state index contributed by atoms with van der Waals surface area (Å²) >= 11 is 1.16. The van der Waals surface area contributed by atoms with Crippen LogP contribution in [-0.2, 0) is 11.3 Å². The van der Waals surface area contributed by atoms with Gasteiger partial charge in [0.1, 0.15) is 0 Å². The monoisotopic (exact) mass is 408 g/mol. The van der Waals surface area contributed by atoms with Gasteiger partial charge in [0.2, 0.25) is 11.7 Å². The van der Waals surface area contributed by atoms with Gasteiger partial charge < -0.3 is 10.4 Å². The number of pyridine rings is 1. The highest BCUT2D eigenvalue weighted by Crippen LogP contribution is 2.23. The second-order valence-corrected chi connectivity index (χ2v) is 6.99. The lowest BCUT2D eigenvalue weighted by atomic mass is 10.2. The summed E-state index contributed by atoms with van der Waals surface area (Å²) in [7, 11) is 0. The summed E-state index contributed by atoms with van der Waals surface area (Å²) in [6.07, 6.45) is 3.09. The number of carbonyl (C=O) groups excluding carboxylic acids is 1. The van der Waals surface area contributed by atoms with E-state index < -0.39 is 0 Å². The Hall–Kier alpha value is -3.66. The Bertz CT molecular complexity index is 1300. The average molecular weight is 408 g/mol. The van der Waals surface area contributed by atoms with Gasteiger partial charge in [-0.05, 0) is 24.3 Å². The van der Waals surface area contributed by atoms with E-state index in [-0.39, 0.29) is 35.3 Å². The first-order chi connectivity index (χ1) is 14.1. The number of aromatic hydroxyl groups is 1. The molecule has 0 saturated carbocycles. The molecule has 0 aliphatic carbocycles. The van der Waals surface area contributed by atoms with Gasteiger partial charge in [-0.3, -0.25) is 18.6 Å². The number of para-hydroxylation sites is 1. The molecule has 0 fully saturated rings. The Balaban J connectivity index is 1.68. The number of nitrogens with zero attached hydrogens (tertiary/aromatic N) is 5. The number of nitrogens with one attached hydrogen (secondary N) is 1. The number of anilines is 1. The number of aromatic nitrogens is 5. The van der Waals surface area contributed by atoms with Crippen molar-refractivity contribution >= 4 is 40.2 Å². The smallest absolute Gasteiger partial charge is 0.263 e. The molecule has 1 aromatic carbocycles. The van der Waals surface area contributed by atoms with E-state index in [0.717, 1.165) is 11.8 Å². The van der Waals surface area contributed by atoms with Crippen LogP contribution in [0.2, 0.25) is 0 Å². The Morgan fingerprint density at radius 2 is 2.07 bits per heavy atom. The molecule has 0 aliphatic rings. The Morgan fingerprint density at radius 1 is 1.24 bits per heavy atom. The van der Waals surface area contributed by atoms with Crippen LogP contribution in [0, 0.1) is 0 Å². The molecule has 0 unspecified atom stereocenters. The SMILES string of the molecule is C=CCn1c(=O)c2ccccc2n2c(SCC(=O)Nc3ncccc3O)nnc12. The fraction of sp³-hybridized carbons (Fsp3) is 0.105. The van der Waals surface area contributed by atoms with Crippen molar-refractivity contribution in [1.82, 2.24) is 24.1 Å². The maximum atomic E-state index is 12.8. The van der Waals surface area contributed by atoms with Crippen LogP contribution in [-0.4, -0.2) is 40.9 Å². The minimum atomic E-state index is -0.357. The molecule has 0 saturated heterocycles. The van der Waals surface area contributed by atoms with Crippen LogP contribution in [0.25, 0.3) is 16.7 Å². The molecule has 0 atom stereocenters. The number of amides is 1. The van der Waals surface area contributed by atoms with Gasteiger partial charge in [0.05, 0.1) is 16.7 Å². The molecule has 3 aromatic heterocycles. The van der Waals surface area contributed by atoms with Gasteiger partial charge in [-0.15, -0.1) is 16.8 Å². The molecule has 4 aromatic rings. The van der Waals surface area contributed by atoms with Crippen molar-refractivity contribution in [3.05, 3.63) is 65.6 Å². The van der Waals surface area contributed by atoms with Crippen LogP contribution in [0.3, 0.4) is 0 Å². The quantitative estimate of drug-likeness (QED) is 0.371. The largest absolute Gasteiger partial charge is 0.504 e. The number of carbonyl (C=O) groups is 1. The van der Waals surface area contributed by atoms with Crippen LogP contribution in [0.5, 0.6) is 5.75 Å². The summed E-state index contributed by atoms with van der Waals surface area (Å²) in [5.74, 6) is 0.0159. The van der Waals surface area contributed by atoms with Crippen molar-refractivity contribution in [2.75, 3.05) is 11.1 Å². The fourth-order valence-corrected chi connectivity index (χ4v) is 3.65. The fourth-order valence-electron chi connectivity index (χ4n) is 2.91. The maximum Gasteiger partial charge on any atom is 0.263 e. The standard InChI is InChI=1S/C19H16N6O3S/c1-2-10-24-17(28)12-6-3-4-7-13(12)25-18(24)22-23-19(25)29-11-15(27)21-16-14(26)8-5-9-20-16/h2-9,26H,1,10-11H2,(H,20,21,27). The molecule has 4 rings (SSSR count). The molecule has 1 amide bonds. The second-order valence-electron chi connectivity index (χ2n) is 6.05. The predicted octanol–water partition coefficient (Wildman–Crippen LogP) is 2.06. The second kappa shape index (κ2) is 7.76. The molecular formula is C19H16N6O3S. The number of hydrogen-bond acceptors (Lipinski definition) is 7. The average Bonchev–Trinajstić information content (AvgIpc) is 3.15. The number of fused-ring (bicyclic) bond motifs is 3. The van der Waals surface area contributed by atoms with E-state index in [1.807, 2.05) is 6.07 Å². The first-order valence-corrected chi connectivity index (χ1v) is 9.63. The van der Waals surface area contributed by atoms with Crippen molar-refractivity contribution in [3.8, 4) is 5.75 Å². The van der Waals surface area contributed by atoms with Crippen LogP contribution < -0.4 is 10.9 Å². The van der Waals surface area contributed by atoms with Crippen molar-refractivity contribution in [2.45, 2.75) is 11.7 Å². The number of allylic oxidation sites excluding steroid dienone is 1. The third-order valence-electron chi connectivity index (χ3n) is 4.17. The third-order valence-corrected chi connectivity index (χ3v) is 5.10. The molecule has 2 N–H and O–H groups in total. The number of hydrogen-bond donors (Lipinski definition) is 2. The minimum absolute atomic E-state index is 0.0196. The highest BCUT2D eigenvalue weighted by molar-refractivity contribution is 7.99. The lowest BCUT2D eigenvalue weighted by Crippen LogP contribution is -2.22. The van der Waals surface area contributed by atoms with E-state index in [2.05, 4.69) is 27.1 Å². The van der Waals surface area contributed by atoms with E-state index in [4.69, 9.17) is 0 Å². The number of rotatable bonds is 6. The molecule has 0 spiro atoms. The maximum absolute atomic E-state index is 12.8. The molecule has 9 nitrogen and oxygen atoms in total. The number of benzene rings is 1. The lowest BCUT2D eigenvalue weighted by Gasteiger charge is -2.09. The molecule has 0 radical (unpaired) electrons. The van der Waals surface area contributed by atoms with E-state index in [1.54, 1.807) is 34.7 Å². The predicted molar refractivity (Wildman–Crippen MR) is 110 cm³/mol. The number of thioether (sulfide) groups is 1. The zero-order chi connectivity index (χ0) is 20.4. The van der Waals surface area contributed by atoms with Crippen molar-refractivity contribution in [3.63, 3.8) is 0 Å². The third kappa shape index (κ3) is 3.45. The lowest BCUT2D eigenvalue weighted by molar-refractivity contribution is -0.113. The summed E-state index contributed by atoms with van der Waals surface area (Å²) < 4.78 is 3.23. The summed E-state index contributed by atoms with van der Waals surface area (Å²) in [5.41, 5.74) is 0.475. The molecule has 0 bridgehead atoms. The highest BCUT2D eigenvalue weighted by atomic mass is 32.2. The van der Waals surface area contributed by atoms with Gasteiger partial charge in [-0.1, -0.05) is 30.0 Å². The van der Waals surface area contributed by atoms with Gasteiger partial charge >= 0.3 is 0 Å². The van der Waals surface area contributed by atoms with E-state index in [1.165, 1.54) is 16.8 Å². The van der Waals surface area contributed by atoms with Crippen LogP contribution in [0.15, 0.2) is 65.2 Å². The molecule has 29 heavy (non-hydrogen) atoms. The molecule has 146 valence electrons. The molecular weight excluding hydrogens is 392 g/mol. The molecule has 10 heteroatoms. The van der Waals surface area contributed by atoms with Gasteiger partial charge in [-0.25, -0.2) is 4.98 Å². The van der Waals surface area contributed by atoms with Crippen LogP contribution in [0.4, 0.5) is 5.82 Å². The first-order valence-electron chi connectivity index (χ1n) is 8.64. The topological polar surface area (TPSA) is 114 Å². The van der Waals surface area contributed by atoms with Crippen molar-refractivity contribution in [1.29, 1.82) is 0 Å². The zero-order valence-corrected chi connectivity index (χ0v) is 16.0. The Labute approximate surface area is 168 Å². The Kier molecular flexibility index (Phi) is 5.00. The van der Waals surface area contributed by atoms with Crippen LogP contribution >= 0.6 is 11.8 Å². The normalized spacial score (nSPS) is 11.0. The zero-order valence-electron chi connectivity index (χ0n) is 15.1. The summed E-state index contributed by atoms with van der Waals surface area (Å²) in [5, 5.41) is 21.6.